The molecule has 2 heterocycles. The molecule has 0 atom stereocenters. The van der Waals surface area contributed by atoms with Gasteiger partial charge >= 0.3 is 0 Å². The number of benzene rings is 1. The largest absolute Gasteiger partial charge is 0.493 e. The first-order chi connectivity index (χ1) is 11.8. The topological polar surface area (TPSA) is 60.5 Å². The molecule has 24 heavy (non-hydrogen) atoms. The SMILES string of the molecule is COc1ccc(NC(=O)c2ccsc2)cc1OCc1ccncc1. The van der Waals surface area contributed by atoms with E-state index in [4.69, 9.17) is 9.47 Å². The number of rotatable bonds is 6. The van der Waals surface area contributed by atoms with Gasteiger partial charge in [-0.2, -0.15) is 11.3 Å². The van der Waals surface area contributed by atoms with E-state index in [-0.39, 0.29) is 5.91 Å². The van der Waals surface area contributed by atoms with E-state index in [1.54, 1.807) is 49.1 Å². The van der Waals surface area contributed by atoms with Crippen molar-refractivity contribution in [2.75, 3.05) is 12.4 Å². The molecule has 1 N–H and O–H groups in total. The average Bonchev–Trinajstić information content (AvgIpc) is 3.16. The fourth-order valence-electron chi connectivity index (χ4n) is 2.10. The van der Waals surface area contributed by atoms with E-state index in [1.807, 2.05) is 17.5 Å². The highest BCUT2D eigenvalue weighted by atomic mass is 32.1. The monoisotopic (exact) mass is 340 g/mol. The summed E-state index contributed by atoms with van der Waals surface area (Å²) in [6, 6.07) is 10.9. The molecule has 3 aromatic rings. The van der Waals surface area contributed by atoms with Gasteiger partial charge in [0.2, 0.25) is 0 Å². The number of thiophene rings is 1. The van der Waals surface area contributed by atoms with Crippen LogP contribution in [0.15, 0.2) is 59.6 Å². The number of anilines is 1. The molecule has 122 valence electrons. The summed E-state index contributed by atoms with van der Waals surface area (Å²) in [5, 5.41) is 6.53. The van der Waals surface area contributed by atoms with Crippen molar-refractivity contribution in [1.29, 1.82) is 0 Å². The molecular formula is C18H16N2O3S. The third kappa shape index (κ3) is 3.91. The van der Waals surface area contributed by atoms with Crippen LogP contribution in [-0.2, 0) is 6.61 Å². The molecule has 3 rings (SSSR count). The summed E-state index contributed by atoms with van der Waals surface area (Å²) in [7, 11) is 1.58. The zero-order valence-corrected chi connectivity index (χ0v) is 13.9. The van der Waals surface area contributed by atoms with Gasteiger partial charge in [-0.3, -0.25) is 9.78 Å². The Morgan fingerprint density at radius 2 is 2.00 bits per heavy atom. The van der Waals surface area contributed by atoms with Crippen LogP contribution in [0.1, 0.15) is 15.9 Å². The van der Waals surface area contributed by atoms with Crippen molar-refractivity contribution in [3.8, 4) is 11.5 Å². The van der Waals surface area contributed by atoms with E-state index < -0.39 is 0 Å². The van der Waals surface area contributed by atoms with E-state index in [9.17, 15) is 4.79 Å². The quantitative estimate of drug-likeness (QED) is 0.737. The molecule has 0 radical (unpaired) electrons. The fraction of sp³-hybridized carbons (Fsp3) is 0.111. The summed E-state index contributed by atoms with van der Waals surface area (Å²) in [6.45, 7) is 0.390. The van der Waals surface area contributed by atoms with Gasteiger partial charge in [-0.05, 0) is 41.3 Å². The van der Waals surface area contributed by atoms with Crippen molar-refractivity contribution in [2.24, 2.45) is 0 Å². The van der Waals surface area contributed by atoms with Crippen LogP contribution in [0.25, 0.3) is 0 Å². The molecule has 1 amide bonds. The van der Waals surface area contributed by atoms with Crippen molar-refractivity contribution in [2.45, 2.75) is 6.61 Å². The lowest BCUT2D eigenvalue weighted by Gasteiger charge is -2.13. The Morgan fingerprint density at radius 1 is 1.17 bits per heavy atom. The number of hydrogen-bond donors (Lipinski definition) is 1. The highest BCUT2D eigenvalue weighted by Crippen LogP contribution is 2.31. The normalized spacial score (nSPS) is 10.2. The maximum atomic E-state index is 12.1. The Kier molecular flexibility index (Phi) is 5.08. The van der Waals surface area contributed by atoms with Crippen molar-refractivity contribution in [3.05, 3.63) is 70.7 Å². The van der Waals surface area contributed by atoms with Gasteiger partial charge in [0.25, 0.3) is 5.91 Å². The second kappa shape index (κ2) is 7.61. The summed E-state index contributed by atoms with van der Waals surface area (Å²) in [5.74, 6) is 1.02. The number of nitrogens with zero attached hydrogens (tertiary/aromatic N) is 1. The summed E-state index contributed by atoms with van der Waals surface area (Å²) < 4.78 is 11.1. The Balaban J connectivity index is 1.74. The van der Waals surface area contributed by atoms with Crippen LogP contribution in [0.2, 0.25) is 0 Å². The van der Waals surface area contributed by atoms with Crippen molar-refractivity contribution in [3.63, 3.8) is 0 Å². The van der Waals surface area contributed by atoms with E-state index in [2.05, 4.69) is 10.3 Å². The minimum atomic E-state index is -0.151. The molecule has 1 aromatic carbocycles. The number of amides is 1. The third-order valence-corrected chi connectivity index (χ3v) is 4.03. The van der Waals surface area contributed by atoms with Crippen LogP contribution < -0.4 is 14.8 Å². The number of carbonyl (C=O) groups excluding carboxylic acids is 1. The van der Waals surface area contributed by atoms with Crippen LogP contribution in [0.3, 0.4) is 0 Å². The Morgan fingerprint density at radius 3 is 2.71 bits per heavy atom. The molecule has 6 heteroatoms. The number of pyridine rings is 1. The Bertz CT molecular complexity index is 804. The van der Waals surface area contributed by atoms with Crippen LogP contribution in [0.4, 0.5) is 5.69 Å². The van der Waals surface area contributed by atoms with Gasteiger partial charge in [-0.15, -0.1) is 0 Å². The van der Waals surface area contributed by atoms with Gasteiger partial charge in [0.1, 0.15) is 6.61 Å². The van der Waals surface area contributed by atoms with Crippen molar-refractivity contribution < 1.29 is 14.3 Å². The van der Waals surface area contributed by atoms with Crippen LogP contribution >= 0.6 is 11.3 Å². The summed E-state index contributed by atoms with van der Waals surface area (Å²) in [4.78, 5) is 16.1. The molecule has 0 spiro atoms. The highest BCUT2D eigenvalue weighted by Gasteiger charge is 2.10. The van der Waals surface area contributed by atoms with Gasteiger partial charge in [-0.1, -0.05) is 0 Å². The maximum absolute atomic E-state index is 12.1. The van der Waals surface area contributed by atoms with Gasteiger partial charge in [-0.25, -0.2) is 0 Å². The summed E-state index contributed by atoms with van der Waals surface area (Å²) in [5.41, 5.74) is 2.28. The Hall–Kier alpha value is -2.86. The van der Waals surface area contributed by atoms with E-state index in [0.717, 1.165) is 5.56 Å². The molecular weight excluding hydrogens is 324 g/mol. The number of methoxy groups -OCH3 is 1. The van der Waals surface area contributed by atoms with E-state index in [1.165, 1.54) is 11.3 Å². The second-order valence-corrected chi connectivity index (χ2v) is 5.76. The first-order valence-electron chi connectivity index (χ1n) is 7.29. The van der Waals surface area contributed by atoms with Gasteiger partial charge in [0.15, 0.2) is 11.5 Å². The number of hydrogen-bond acceptors (Lipinski definition) is 5. The molecule has 2 aromatic heterocycles. The number of carbonyl (C=O) groups is 1. The summed E-state index contributed by atoms with van der Waals surface area (Å²) >= 11 is 1.48. The fourth-order valence-corrected chi connectivity index (χ4v) is 2.74. The maximum Gasteiger partial charge on any atom is 0.256 e. The van der Waals surface area contributed by atoms with Crippen LogP contribution in [-0.4, -0.2) is 18.0 Å². The van der Waals surface area contributed by atoms with Crippen LogP contribution in [0.5, 0.6) is 11.5 Å². The molecule has 0 bridgehead atoms. The molecule has 0 fully saturated rings. The van der Waals surface area contributed by atoms with Crippen molar-refractivity contribution >= 4 is 22.9 Å². The molecule has 0 aliphatic carbocycles. The number of aromatic nitrogens is 1. The lowest BCUT2D eigenvalue weighted by Crippen LogP contribution is -2.11. The van der Waals surface area contributed by atoms with E-state index >= 15 is 0 Å². The molecule has 0 saturated heterocycles. The first kappa shape index (κ1) is 16.0. The average molecular weight is 340 g/mol. The highest BCUT2D eigenvalue weighted by molar-refractivity contribution is 7.08. The molecule has 0 aliphatic rings. The lowest BCUT2D eigenvalue weighted by molar-refractivity contribution is 0.102. The zero-order valence-electron chi connectivity index (χ0n) is 13.1. The van der Waals surface area contributed by atoms with Gasteiger partial charge < -0.3 is 14.8 Å². The van der Waals surface area contributed by atoms with E-state index in [0.29, 0.717) is 29.4 Å². The third-order valence-electron chi connectivity index (χ3n) is 3.35. The number of ether oxygens (including phenoxy) is 2. The second-order valence-electron chi connectivity index (χ2n) is 4.98. The molecule has 5 nitrogen and oxygen atoms in total. The summed E-state index contributed by atoms with van der Waals surface area (Å²) in [6.07, 6.45) is 3.43. The smallest absolute Gasteiger partial charge is 0.256 e. The van der Waals surface area contributed by atoms with Gasteiger partial charge in [0.05, 0.1) is 12.7 Å². The molecule has 0 unspecified atom stereocenters. The minimum Gasteiger partial charge on any atom is -0.493 e. The minimum absolute atomic E-state index is 0.151. The lowest BCUT2D eigenvalue weighted by atomic mass is 10.2. The van der Waals surface area contributed by atoms with Crippen molar-refractivity contribution in [1.82, 2.24) is 4.98 Å². The Labute approximate surface area is 143 Å². The number of nitrogens with one attached hydrogen (secondary N) is 1. The van der Waals surface area contributed by atoms with Crippen LogP contribution in [0, 0.1) is 0 Å². The molecule has 0 aliphatic heterocycles. The molecule has 0 saturated carbocycles. The zero-order chi connectivity index (χ0) is 16.8. The van der Waals surface area contributed by atoms with Gasteiger partial charge in [0, 0.05) is 29.5 Å². The predicted molar refractivity (Wildman–Crippen MR) is 93.8 cm³/mol. The standard InChI is InChI=1S/C18H16N2O3S/c1-22-16-3-2-15(20-18(21)14-6-9-24-12-14)10-17(16)23-11-13-4-7-19-8-5-13/h2-10,12H,11H2,1H3,(H,20,21). The predicted octanol–water partition coefficient (Wildman–Crippen LogP) is 3.98. The first-order valence-corrected chi connectivity index (χ1v) is 8.24.